The number of nitrogens with zero attached hydrogens (tertiary/aromatic N) is 4. The van der Waals surface area contributed by atoms with Crippen LogP contribution in [-0.4, -0.2) is 39.9 Å². The highest BCUT2D eigenvalue weighted by molar-refractivity contribution is 6.02. The third-order valence-electron chi connectivity index (χ3n) is 6.93. The van der Waals surface area contributed by atoms with Crippen LogP contribution in [0.5, 0.6) is 0 Å². The Morgan fingerprint density at radius 2 is 1.82 bits per heavy atom. The van der Waals surface area contributed by atoms with Gasteiger partial charge in [0.1, 0.15) is 6.17 Å². The van der Waals surface area contributed by atoms with Gasteiger partial charge in [0.25, 0.3) is 5.91 Å². The summed E-state index contributed by atoms with van der Waals surface area (Å²) in [6.07, 6.45) is 4.24. The van der Waals surface area contributed by atoms with Crippen molar-refractivity contribution >= 4 is 34.1 Å². The lowest BCUT2D eigenvalue weighted by Crippen LogP contribution is -2.51. The average Bonchev–Trinajstić information content (AvgIpc) is 3.20. The van der Waals surface area contributed by atoms with Crippen molar-refractivity contribution in [2.24, 2.45) is 0 Å². The van der Waals surface area contributed by atoms with Gasteiger partial charge in [-0.05, 0) is 42.3 Å². The largest absolute Gasteiger partial charge is 0.349 e. The van der Waals surface area contributed by atoms with E-state index in [0.29, 0.717) is 19.5 Å². The topological polar surface area (TPSA) is 70.5 Å². The van der Waals surface area contributed by atoms with Crippen molar-refractivity contribution in [3.05, 3.63) is 89.9 Å². The van der Waals surface area contributed by atoms with Crippen molar-refractivity contribution in [3.8, 4) is 0 Å². The number of benzene rings is 2. The first-order valence-electron chi connectivity index (χ1n) is 11.6. The smallest absolute Gasteiger partial charge is 0.257 e. The third kappa shape index (κ3) is 3.15. The maximum Gasteiger partial charge on any atom is 0.257 e. The molecule has 0 saturated carbocycles. The lowest BCUT2D eigenvalue weighted by Gasteiger charge is -2.46. The normalized spacial score (nSPS) is 16.7. The van der Waals surface area contributed by atoms with Gasteiger partial charge in [-0.1, -0.05) is 30.3 Å². The zero-order valence-corrected chi connectivity index (χ0v) is 18.9. The number of carbonyl (C=O) groups is 2. The summed E-state index contributed by atoms with van der Waals surface area (Å²) in [7, 11) is 2.05. The van der Waals surface area contributed by atoms with Gasteiger partial charge >= 0.3 is 0 Å². The summed E-state index contributed by atoms with van der Waals surface area (Å²) >= 11 is 0. The number of anilines is 2. The number of aryl methyl sites for hydroxylation is 1. The quantitative estimate of drug-likeness (QED) is 0.505. The molecule has 4 aromatic rings. The summed E-state index contributed by atoms with van der Waals surface area (Å²) in [4.78, 5) is 34.3. The van der Waals surface area contributed by atoms with Crippen LogP contribution >= 0.6 is 0 Å². The third-order valence-corrected chi connectivity index (χ3v) is 6.93. The number of amides is 2. The molecular weight excluding hydrogens is 426 g/mol. The van der Waals surface area contributed by atoms with E-state index in [1.807, 2.05) is 35.2 Å². The van der Waals surface area contributed by atoms with E-state index in [1.165, 1.54) is 10.9 Å². The number of aromatic nitrogens is 2. The average molecular weight is 452 g/mol. The lowest BCUT2D eigenvalue weighted by molar-refractivity contribution is -0.116. The van der Waals surface area contributed by atoms with E-state index in [1.54, 1.807) is 24.5 Å². The predicted octanol–water partition coefficient (Wildman–Crippen LogP) is 4.21. The molecule has 2 aromatic carbocycles. The molecule has 7 heteroatoms. The molecule has 6 rings (SSSR count). The molecule has 0 spiro atoms. The molecule has 34 heavy (non-hydrogen) atoms. The molecule has 2 aliphatic rings. The zero-order chi connectivity index (χ0) is 23.2. The summed E-state index contributed by atoms with van der Waals surface area (Å²) in [6.45, 7) is 1.20. The minimum absolute atomic E-state index is 0.0520. The van der Waals surface area contributed by atoms with Crippen molar-refractivity contribution in [1.82, 2.24) is 14.5 Å². The summed E-state index contributed by atoms with van der Waals surface area (Å²) in [5, 5.41) is 4.15. The molecule has 0 unspecified atom stereocenters. The Balaban J connectivity index is 1.40. The second kappa shape index (κ2) is 8.02. The molecule has 0 radical (unpaired) electrons. The maximum absolute atomic E-state index is 13.4. The maximum atomic E-state index is 13.4. The fourth-order valence-corrected chi connectivity index (χ4v) is 5.42. The van der Waals surface area contributed by atoms with Crippen LogP contribution in [-0.2, 0) is 17.8 Å². The molecule has 2 amide bonds. The Morgan fingerprint density at radius 1 is 1.06 bits per heavy atom. The minimum atomic E-state index is -0.207. The molecule has 0 aliphatic carbocycles. The number of fused-ring (bicyclic) bond motifs is 6. The van der Waals surface area contributed by atoms with Gasteiger partial charge in [-0.2, -0.15) is 0 Å². The molecular formula is C27H25N5O2. The Bertz CT molecular complexity index is 1410. The second-order valence-corrected chi connectivity index (χ2v) is 8.82. The molecule has 2 aliphatic heterocycles. The number of nitrogens with one attached hydrogen (secondary N) is 1. The number of hydrogen-bond donors (Lipinski definition) is 1. The highest BCUT2D eigenvalue weighted by Gasteiger charge is 2.42. The van der Waals surface area contributed by atoms with Crippen molar-refractivity contribution < 1.29 is 9.59 Å². The minimum Gasteiger partial charge on any atom is -0.349 e. The van der Waals surface area contributed by atoms with Crippen LogP contribution in [0.15, 0.2) is 73.1 Å². The lowest BCUT2D eigenvalue weighted by atomic mass is 9.96. The Labute approximate surface area is 197 Å². The standard InChI is InChI=1S/C27H25N5O2/c1-30-22-8-4-3-7-21(22)27(34)32-16-12-20-19-6-2-5-9-23(19)31(25(20)26(30)32)17-13-24(33)29-18-10-14-28-15-11-18/h2-11,14-15,26H,12-13,16-17H2,1H3,(H,28,29,33)/t26-/m1/s1. The van der Waals surface area contributed by atoms with Gasteiger partial charge in [0.15, 0.2) is 0 Å². The van der Waals surface area contributed by atoms with Crippen LogP contribution in [0.2, 0.25) is 0 Å². The Kier molecular flexibility index (Phi) is 4.83. The van der Waals surface area contributed by atoms with E-state index in [0.717, 1.165) is 34.6 Å². The first-order chi connectivity index (χ1) is 16.6. The van der Waals surface area contributed by atoms with Crippen LogP contribution in [0, 0.1) is 0 Å². The molecule has 2 aromatic heterocycles. The Morgan fingerprint density at radius 3 is 2.68 bits per heavy atom. The van der Waals surface area contributed by atoms with Crippen LogP contribution in [0.25, 0.3) is 10.9 Å². The second-order valence-electron chi connectivity index (χ2n) is 8.82. The monoisotopic (exact) mass is 451 g/mol. The number of rotatable bonds is 4. The highest BCUT2D eigenvalue weighted by Crippen LogP contribution is 2.44. The fraction of sp³-hybridized carbons (Fsp3) is 0.222. The van der Waals surface area contributed by atoms with E-state index in [9.17, 15) is 9.59 Å². The summed E-state index contributed by atoms with van der Waals surface area (Å²) in [5.41, 5.74) is 5.89. The van der Waals surface area contributed by atoms with Crippen LogP contribution in [0.1, 0.15) is 34.2 Å². The molecule has 0 saturated heterocycles. The summed E-state index contributed by atoms with van der Waals surface area (Å²) in [6, 6.07) is 19.7. The van der Waals surface area contributed by atoms with Crippen molar-refractivity contribution in [3.63, 3.8) is 0 Å². The van der Waals surface area contributed by atoms with Gasteiger partial charge in [0.2, 0.25) is 5.91 Å². The number of carbonyl (C=O) groups excluding carboxylic acids is 2. The molecule has 7 nitrogen and oxygen atoms in total. The van der Waals surface area contributed by atoms with Crippen LogP contribution in [0.3, 0.4) is 0 Å². The SMILES string of the molecule is CN1c2ccccc2C(=O)N2CCc3c(n(CCC(=O)Nc4ccncc4)c4ccccc34)[C@@H]21. The molecule has 0 fully saturated rings. The van der Waals surface area contributed by atoms with Crippen LogP contribution in [0.4, 0.5) is 11.4 Å². The Hall–Kier alpha value is -4.13. The van der Waals surface area contributed by atoms with E-state index < -0.39 is 0 Å². The van der Waals surface area contributed by atoms with Gasteiger partial charge in [-0.25, -0.2) is 0 Å². The highest BCUT2D eigenvalue weighted by atomic mass is 16.2. The predicted molar refractivity (Wildman–Crippen MR) is 132 cm³/mol. The molecule has 1 atom stereocenters. The van der Waals surface area contributed by atoms with Crippen molar-refractivity contribution in [1.29, 1.82) is 0 Å². The van der Waals surface area contributed by atoms with Gasteiger partial charge < -0.3 is 19.7 Å². The van der Waals surface area contributed by atoms with E-state index in [2.05, 4.69) is 45.0 Å². The van der Waals surface area contributed by atoms with E-state index >= 15 is 0 Å². The molecule has 4 heterocycles. The number of hydrogen-bond acceptors (Lipinski definition) is 4. The van der Waals surface area contributed by atoms with Gasteiger partial charge in [0.05, 0.1) is 16.9 Å². The first kappa shape index (κ1) is 20.5. The summed E-state index contributed by atoms with van der Waals surface area (Å²) < 4.78 is 2.24. The first-order valence-corrected chi connectivity index (χ1v) is 11.6. The summed E-state index contributed by atoms with van der Waals surface area (Å²) in [5.74, 6) is 0.0143. The van der Waals surface area contributed by atoms with Gasteiger partial charge in [-0.15, -0.1) is 0 Å². The molecule has 0 bridgehead atoms. The van der Waals surface area contributed by atoms with E-state index in [4.69, 9.17) is 0 Å². The van der Waals surface area contributed by atoms with Gasteiger partial charge in [0, 0.05) is 55.5 Å². The zero-order valence-electron chi connectivity index (χ0n) is 18.9. The van der Waals surface area contributed by atoms with Crippen molar-refractivity contribution in [2.45, 2.75) is 25.6 Å². The molecule has 1 N–H and O–H groups in total. The van der Waals surface area contributed by atoms with Crippen molar-refractivity contribution in [2.75, 3.05) is 23.8 Å². The number of para-hydroxylation sites is 2. The van der Waals surface area contributed by atoms with E-state index in [-0.39, 0.29) is 18.0 Å². The fourth-order valence-electron chi connectivity index (χ4n) is 5.42. The molecule has 170 valence electrons. The number of pyridine rings is 1. The van der Waals surface area contributed by atoms with Crippen LogP contribution < -0.4 is 10.2 Å². The van der Waals surface area contributed by atoms with Gasteiger partial charge in [-0.3, -0.25) is 14.6 Å².